The number of ether oxygens (including phenoxy) is 1. The van der Waals surface area contributed by atoms with E-state index in [9.17, 15) is 0 Å². The number of benzene rings is 4. The number of fused-ring (bicyclic) bond motifs is 5. The third kappa shape index (κ3) is 2.91. The maximum Gasteiger partial charge on any atom is 0.160 e. The van der Waals surface area contributed by atoms with E-state index >= 15 is 0 Å². The lowest BCUT2D eigenvalue weighted by molar-refractivity contribution is 0.305. The third-order valence-electron chi connectivity index (χ3n) is 5.89. The van der Waals surface area contributed by atoms with Gasteiger partial charge in [-0.25, -0.2) is 9.97 Å². The zero-order valence-electron chi connectivity index (χ0n) is 17.2. The van der Waals surface area contributed by atoms with Crippen LogP contribution in [0.2, 0.25) is 0 Å². The molecule has 0 saturated carbocycles. The van der Waals surface area contributed by atoms with Crippen LogP contribution in [0.5, 0.6) is 5.75 Å². The number of nitrogens with zero attached hydrogens (tertiary/aromatic N) is 3. The van der Waals surface area contributed by atoms with Crippen LogP contribution in [0.4, 0.5) is 0 Å². The van der Waals surface area contributed by atoms with E-state index < -0.39 is 0 Å². The average molecular weight is 403 g/mol. The first-order valence-electron chi connectivity index (χ1n) is 10.5. The molecule has 0 radical (unpaired) electrons. The zero-order valence-corrected chi connectivity index (χ0v) is 17.2. The molecule has 2 heterocycles. The van der Waals surface area contributed by atoms with Gasteiger partial charge >= 0.3 is 0 Å². The molecule has 0 atom stereocenters. The van der Waals surface area contributed by atoms with E-state index in [-0.39, 0.29) is 0 Å². The van der Waals surface area contributed by atoms with Crippen molar-refractivity contribution in [2.75, 3.05) is 6.61 Å². The quantitative estimate of drug-likeness (QED) is 0.348. The van der Waals surface area contributed by atoms with Crippen LogP contribution in [0.25, 0.3) is 43.9 Å². The first-order valence-corrected chi connectivity index (χ1v) is 10.5. The van der Waals surface area contributed by atoms with Crippen LogP contribution in [0.15, 0.2) is 84.9 Å². The van der Waals surface area contributed by atoms with Crippen LogP contribution >= 0.6 is 0 Å². The number of hydrogen-bond donors (Lipinski definition) is 0. The van der Waals surface area contributed by atoms with Crippen molar-refractivity contribution in [3.05, 3.63) is 90.5 Å². The molecule has 0 aliphatic rings. The zero-order chi connectivity index (χ0) is 20.8. The summed E-state index contributed by atoms with van der Waals surface area (Å²) in [7, 11) is 0. The Hall–Kier alpha value is -3.92. The normalized spacial score (nSPS) is 11.6. The molecule has 0 amide bonds. The van der Waals surface area contributed by atoms with Gasteiger partial charge < -0.3 is 9.30 Å². The second-order valence-corrected chi connectivity index (χ2v) is 7.83. The molecule has 0 fully saturated rings. The third-order valence-corrected chi connectivity index (χ3v) is 5.89. The average Bonchev–Trinajstić information content (AvgIpc) is 3.12. The maximum absolute atomic E-state index is 6.25. The van der Waals surface area contributed by atoms with Crippen molar-refractivity contribution >= 4 is 43.9 Å². The number of aryl methyl sites for hydroxylation is 1. The summed E-state index contributed by atoms with van der Waals surface area (Å²) in [6.07, 6.45) is 0. The molecule has 31 heavy (non-hydrogen) atoms. The van der Waals surface area contributed by atoms with Crippen LogP contribution in [0, 0.1) is 6.92 Å². The molecule has 4 heteroatoms. The highest BCUT2D eigenvalue weighted by atomic mass is 16.5. The highest BCUT2D eigenvalue weighted by Crippen LogP contribution is 2.31. The lowest BCUT2D eigenvalue weighted by Gasteiger charge is -2.12. The standard InChI is InChI=1S/C27H21N3O/c1-18-8-6-12-21-25-27(29-23-14-5-4-13-22(23)28-25)30(26(18)21)16-17-31-24-15-7-10-19-9-2-3-11-20(19)24/h2-15H,16-17H2,1H3. The lowest BCUT2D eigenvalue weighted by Crippen LogP contribution is -2.09. The van der Waals surface area contributed by atoms with Crippen LogP contribution in [0.3, 0.4) is 0 Å². The minimum Gasteiger partial charge on any atom is -0.491 e. The van der Waals surface area contributed by atoms with Gasteiger partial charge in [0, 0.05) is 10.8 Å². The van der Waals surface area contributed by atoms with Crippen LogP contribution in [-0.2, 0) is 6.54 Å². The molecular weight excluding hydrogens is 382 g/mol. The molecule has 0 N–H and O–H groups in total. The van der Waals surface area contributed by atoms with E-state index in [1.54, 1.807) is 0 Å². The van der Waals surface area contributed by atoms with Gasteiger partial charge in [0.05, 0.1) is 23.1 Å². The van der Waals surface area contributed by atoms with E-state index in [0.717, 1.165) is 38.7 Å². The SMILES string of the molecule is Cc1cccc2c3nc4ccccc4nc3n(CCOc3cccc4ccccc34)c12. The Bertz CT molecular complexity index is 1580. The Morgan fingerprint density at radius 3 is 2.35 bits per heavy atom. The second kappa shape index (κ2) is 7.10. The van der Waals surface area contributed by atoms with E-state index in [0.29, 0.717) is 13.2 Å². The van der Waals surface area contributed by atoms with Crippen LogP contribution in [0.1, 0.15) is 5.56 Å². The summed E-state index contributed by atoms with van der Waals surface area (Å²) in [5.74, 6) is 0.909. The van der Waals surface area contributed by atoms with Crippen molar-refractivity contribution in [2.45, 2.75) is 13.5 Å². The van der Waals surface area contributed by atoms with Gasteiger partial charge in [-0.1, -0.05) is 66.7 Å². The molecular formula is C27H21N3O. The van der Waals surface area contributed by atoms with Gasteiger partial charge in [0.15, 0.2) is 5.65 Å². The first-order chi connectivity index (χ1) is 15.3. The number of hydrogen-bond acceptors (Lipinski definition) is 3. The smallest absolute Gasteiger partial charge is 0.160 e. The summed E-state index contributed by atoms with van der Waals surface area (Å²) >= 11 is 0. The number of para-hydroxylation sites is 3. The van der Waals surface area contributed by atoms with Crippen molar-refractivity contribution in [1.29, 1.82) is 0 Å². The highest BCUT2D eigenvalue weighted by molar-refractivity contribution is 6.07. The van der Waals surface area contributed by atoms with Gasteiger partial charge in [-0.05, 0) is 36.1 Å². The van der Waals surface area contributed by atoms with Gasteiger partial charge in [-0.3, -0.25) is 0 Å². The molecule has 6 aromatic rings. The molecule has 2 aromatic heterocycles. The van der Waals surface area contributed by atoms with Crippen molar-refractivity contribution in [3.63, 3.8) is 0 Å². The minimum absolute atomic E-state index is 0.551. The Balaban J connectivity index is 1.44. The van der Waals surface area contributed by atoms with Gasteiger partial charge in [-0.2, -0.15) is 0 Å². The topological polar surface area (TPSA) is 39.9 Å². The molecule has 0 bridgehead atoms. The fraction of sp³-hybridized carbons (Fsp3) is 0.111. The van der Waals surface area contributed by atoms with Crippen molar-refractivity contribution in [3.8, 4) is 5.75 Å². The monoisotopic (exact) mass is 403 g/mol. The minimum atomic E-state index is 0.551. The molecule has 4 nitrogen and oxygen atoms in total. The van der Waals surface area contributed by atoms with Gasteiger partial charge in [-0.15, -0.1) is 0 Å². The van der Waals surface area contributed by atoms with Gasteiger partial charge in [0.2, 0.25) is 0 Å². The summed E-state index contributed by atoms with van der Waals surface area (Å²) in [5.41, 5.74) is 6.07. The number of rotatable bonds is 4. The van der Waals surface area contributed by atoms with E-state index in [2.05, 4.69) is 54.0 Å². The predicted molar refractivity (Wildman–Crippen MR) is 127 cm³/mol. The molecule has 0 saturated heterocycles. The summed E-state index contributed by atoms with van der Waals surface area (Å²) in [4.78, 5) is 9.93. The van der Waals surface area contributed by atoms with Crippen molar-refractivity contribution in [2.24, 2.45) is 0 Å². The fourth-order valence-corrected chi connectivity index (χ4v) is 4.46. The Morgan fingerprint density at radius 1 is 0.742 bits per heavy atom. The Labute approximate surface area is 179 Å². The maximum atomic E-state index is 6.25. The second-order valence-electron chi connectivity index (χ2n) is 7.83. The molecule has 0 spiro atoms. The molecule has 0 unspecified atom stereocenters. The molecule has 4 aromatic carbocycles. The van der Waals surface area contributed by atoms with E-state index in [1.807, 2.05) is 42.5 Å². The van der Waals surface area contributed by atoms with Crippen LogP contribution in [-0.4, -0.2) is 21.1 Å². The van der Waals surface area contributed by atoms with E-state index in [1.165, 1.54) is 16.5 Å². The molecule has 0 aliphatic carbocycles. The fourth-order valence-electron chi connectivity index (χ4n) is 4.46. The number of aromatic nitrogens is 3. The van der Waals surface area contributed by atoms with Crippen LogP contribution < -0.4 is 4.74 Å². The van der Waals surface area contributed by atoms with Gasteiger partial charge in [0.1, 0.15) is 17.9 Å². The first kappa shape index (κ1) is 17.9. The van der Waals surface area contributed by atoms with E-state index in [4.69, 9.17) is 14.7 Å². The Kier molecular flexibility index (Phi) is 4.10. The summed E-state index contributed by atoms with van der Waals surface area (Å²) in [5, 5.41) is 3.46. The van der Waals surface area contributed by atoms with Crippen molar-refractivity contribution < 1.29 is 4.74 Å². The van der Waals surface area contributed by atoms with Gasteiger partial charge in [0.25, 0.3) is 0 Å². The summed E-state index contributed by atoms with van der Waals surface area (Å²) in [6, 6.07) is 28.9. The molecule has 150 valence electrons. The summed E-state index contributed by atoms with van der Waals surface area (Å²) in [6.45, 7) is 3.39. The molecule has 6 rings (SSSR count). The largest absolute Gasteiger partial charge is 0.491 e. The molecule has 0 aliphatic heterocycles. The Morgan fingerprint density at radius 2 is 1.45 bits per heavy atom. The highest BCUT2D eigenvalue weighted by Gasteiger charge is 2.16. The summed E-state index contributed by atoms with van der Waals surface area (Å²) < 4.78 is 8.50. The lowest BCUT2D eigenvalue weighted by atomic mass is 10.1. The predicted octanol–water partition coefficient (Wildman–Crippen LogP) is 6.28. The van der Waals surface area contributed by atoms with Crippen molar-refractivity contribution in [1.82, 2.24) is 14.5 Å².